The van der Waals surface area contributed by atoms with Crippen LogP contribution in [-0.4, -0.2) is 18.9 Å². The van der Waals surface area contributed by atoms with E-state index in [0.29, 0.717) is 5.56 Å². The zero-order valence-corrected chi connectivity index (χ0v) is 9.53. The minimum absolute atomic E-state index is 0.0355. The molecule has 1 rings (SSSR count). The van der Waals surface area contributed by atoms with Gasteiger partial charge in [0, 0.05) is 0 Å². The zero-order chi connectivity index (χ0) is 13.6. The Morgan fingerprint density at radius 2 is 1.89 bits per heavy atom. The molecule has 0 bridgehead atoms. The molecule has 0 aliphatic carbocycles. The maximum Gasteiger partial charge on any atom is 0.573 e. The van der Waals surface area contributed by atoms with E-state index in [0.717, 1.165) is 6.08 Å². The molecule has 1 aromatic carbocycles. The minimum atomic E-state index is -4.94. The molecule has 0 aromatic heterocycles. The van der Waals surface area contributed by atoms with E-state index in [-0.39, 0.29) is 6.61 Å². The lowest BCUT2D eigenvalue weighted by Gasteiger charge is -2.11. The summed E-state index contributed by atoms with van der Waals surface area (Å²) in [6.07, 6.45) is -3.96. The maximum atomic E-state index is 12.1. The highest BCUT2D eigenvalue weighted by molar-refractivity contribution is 5.91. The standard InChI is InChI=1S/C12H11F3O3/c1-2-17-11(16)10(18-12(13,14)15)8-9-6-4-3-5-7-9/h3-8H,2H2,1H3. The molecule has 0 saturated carbocycles. The Balaban J connectivity index is 2.97. The summed E-state index contributed by atoms with van der Waals surface area (Å²) >= 11 is 0. The van der Waals surface area contributed by atoms with Gasteiger partial charge in [-0.2, -0.15) is 0 Å². The van der Waals surface area contributed by atoms with Crippen LogP contribution in [0.5, 0.6) is 0 Å². The van der Waals surface area contributed by atoms with E-state index in [1.807, 2.05) is 0 Å². The third kappa shape index (κ3) is 4.90. The third-order valence-electron chi connectivity index (χ3n) is 1.80. The number of carbonyl (C=O) groups is 1. The molecule has 0 heterocycles. The van der Waals surface area contributed by atoms with E-state index in [1.54, 1.807) is 30.3 Å². The molecule has 0 aliphatic rings. The van der Waals surface area contributed by atoms with Gasteiger partial charge in [0.15, 0.2) is 0 Å². The molecule has 0 spiro atoms. The molecule has 0 radical (unpaired) electrons. The maximum absolute atomic E-state index is 12.1. The highest BCUT2D eigenvalue weighted by Gasteiger charge is 2.34. The van der Waals surface area contributed by atoms with Gasteiger partial charge in [0.2, 0.25) is 5.76 Å². The van der Waals surface area contributed by atoms with Gasteiger partial charge < -0.3 is 9.47 Å². The van der Waals surface area contributed by atoms with Crippen molar-refractivity contribution in [2.45, 2.75) is 13.3 Å². The summed E-state index contributed by atoms with van der Waals surface area (Å²) in [5.74, 6) is -2.05. The van der Waals surface area contributed by atoms with Gasteiger partial charge in [-0.1, -0.05) is 30.3 Å². The molecule has 0 fully saturated rings. The van der Waals surface area contributed by atoms with Crippen LogP contribution in [0.1, 0.15) is 12.5 Å². The topological polar surface area (TPSA) is 35.5 Å². The zero-order valence-electron chi connectivity index (χ0n) is 9.53. The summed E-state index contributed by atoms with van der Waals surface area (Å²) in [6.45, 7) is 1.46. The summed E-state index contributed by atoms with van der Waals surface area (Å²) in [7, 11) is 0. The first-order valence-electron chi connectivity index (χ1n) is 5.12. The number of esters is 1. The number of carbonyl (C=O) groups excluding carboxylic acids is 1. The molecule has 0 unspecified atom stereocenters. The van der Waals surface area contributed by atoms with Gasteiger partial charge in [-0.05, 0) is 18.6 Å². The predicted molar refractivity (Wildman–Crippen MR) is 58.2 cm³/mol. The summed E-state index contributed by atoms with van der Waals surface area (Å²) < 4.78 is 44.5. The molecule has 0 atom stereocenters. The third-order valence-corrected chi connectivity index (χ3v) is 1.80. The summed E-state index contributed by atoms with van der Waals surface area (Å²) in [5.41, 5.74) is 0.407. The van der Waals surface area contributed by atoms with Crippen LogP contribution in [0.4, 0.5) is 13.2 Å². The first kappa shape index (κ1) is 14.1. The molecular formula is C12H11F3O3. The van der Waals surface area contributed by atoms with Crippen molar-refractivity contribution < 1.29 is 27.4 Å². The fourth-order valence-electron chi connectivity index (χ4n) is 1.16. The number of benzene rings is 1. The molecule has 0 saturated heterocycles. The number of rotatable bonds is 4. The number of hydrogen-bond acceptors (Lipinski definition) is 3. The Hall–Kier alpha value is -1.98. The van der Waals surface area contributed by atoms with Gasteiger partial charge in [-0.3, -0.25) is 0 Å². The van der Waals surface area contributed by atoms with Crippen LogP contribution in [0.15, 0.2) is 36.1 Å². The second-order valence-corrected chi connectivity index (χ2v) is 3.19. The van der Waals surface area contributed by atoms with E-state index < -0.39 is 18.1 Å². The van der Waals surface area contributed by atoms with Gasteiger partial charge in [0.05, 0.1) is 6.61 Å². The summed E-state index contributed by atoms with van der Waals surface area (Å²) in [5, 5.41) is 0. The largest absolute Gasteiger partial charge is 0.573 e. The van der Waals surface area contributed by atoms with Crippen molar-refractivity contribution in [1.82, 2.24) is 0 Å². The van der Waals surface area contributed by atoms with Crippen LogP contribution < -0.4 is 0 Å². The first-order valence-corrected chi connectivity index (χ1v) is 5.12. The molecule has 0 aliphatic heterocycles. The average Bonchev–Trinajstić information content (AvgIpc) is 2.28. The summed E-state index contributed by atoms with van der Waals surface area (Å²) in [6, 6.07) is 8.04. The molecule has 18 heavy (non-hydrogen) atoms. The number of ether oxygens (including phenoxy) is 2. The summed E-state index contributed by atoms with van der Waals surface area (Å²) in [4.78, 5) is 11.3. The van der Waals surface area contributed by atoms with Crippen molar-refractivity contribution in [3.05, 3.63) is 41.7 Å². The second-order valence-electron chi connectivity index (χ2n) is 3.19. The normalized spacial score (nSPS) is 12.1. The molecule has 0 N–H and O–H groups in total. The van der Waals surface area contributed by atoms with Crippen LogP contribution in [0.25, 0.3) is 6.08 Å². The highest BCUT2D eigenvalue weighted by atomic mass is 19.4. The Labute approximate surface area is 102 Å². The second kappa shape index (κ2) is 6.09. The van der Waals surface area contributed by atoms with Crippen molar-refractivity contribution in [3.8, 4) is 0 Å². The monoisotopic (exact) mass is 260 g/mol. The molecule has 6 heteroatoms. The number of hydrogen-bond donors (Lipinski definition) is 0. The first-order chi connectivity index (χ1) is 8.42. The van der Waals surface area contributed by atoms with Gasteiger partial charge >= 0.3 is 12.3 Å². The number of halogens is 3. The fraction of sp³-hybridized carbons (Fsp3) is 0.250. The predicted octanol–water partition coefficient (Wildman–Crippen LogP) is 3.13. The van der Waals surface area contributed by atoms with Crippen LogP contribution in [0, 0.1) is 0 Å². The molecule has 0 amide bonds. The van der Waals surface area contributed by atoms with Crippen molar-refractivity contribution in [2.24, 2.45) is 0 Å². The van der Waals surface area contributed by atoms with E-state index in [1.165, 1.54) is 6.92 Å². The van der Waals surface area contributed by atoms with Crippen LogP contribution in [0.2, 0.25) is 0 Å². The van der Waals surface area contributed by atoms with Crippen LogP contribution in [-0.2, 0) is 14.3 Å². The quantitative estimate of drug-likeness (QED) is 0.474. The Morgan fingerprint density at radius 1 is 1.28 bits per heavy atom. The molecular weight excluding hydrogens is 249 g/mol. The molecule has 3 nitrogen and oxygen atoms in total. The van der Waals surface area contributed by atoms with Crippen LogP contribution >= 0.6 is 0 Å². The van der Waals surface area contributed by atoms with Gasteiger partial charge in [0.1, 0.15) is 0 Å². The average molecular weight is 260 g/mol. The van der Waals surface area contributed by atoms with E-state index in [4.69, 9.17) is 0 Å². The lowest BCUT2D eigenvalue weighted by atomic mass is 10.2. The van der Waals surface area contributed by atoms with E-state index >= 15 is 0 Å². The molecule has 1 aromatic rings. The number of alkyl halides is 3. The minimum Gasteiger partial charge on any atom is -0.460 e. The van der Waals surface area contributed by atoms with Gasteiger partial charge in [-0.25, -0.2) is 4.79 Å². The highest BCUT2D eigenvalue weighted by Crippen LogP contribution is 2.23. The molecule has 98 valence electrons. The lowest BCUT2D eigenvalue weighted by Crippen LogP contribution is -2.19. The van der Waals surface area contributed by atoms with Crippen molar-refractivity contribution in [1.29, 1.82) is 0 Å². The Kier molecular flexibility index (Phi) is 4.76. The Morgan fingerprint density at radius 3 is 2.39 bits per heavy atom. The smallest absolute Gasteiger partial charge is 0.460 e. The SMILES string of the molecule is CCOC(=O)C(=Cc1ccccc1)OC(F)(F)F. The van der Waals surface area contributed by atoms with E-state index in [9.17, 15) is 18.0 Å². The lowest BCUT2D eigenvalue weighted by molar-refractivity contribution is -0.305. The van der Waals surface area contributed by atoms with Crippen LogP contribution in [0.3, 0.4) is 0 Å². The van der Waals surface area contributed by atoms with Crippen molar-refractivity contribution >= 4 is 12.0 Å². The fourth-order valence-corrected chi connectivity index (χ4v) is 1.16. The van der Waals surface area contributed by atoms with Gasteiger partial charge in [-0.15, -0.1) is 13.2 Å². The van der Waals surface area contributed by atoms with Gasteiger partial charge in [0.25, 0.3) is 0 Å². The van der Waals surface area contributed by atoms with Crippen molar-refractivity contribution in [2.75, 3.05) is 6.61 Å². The van der Waals surface area contributed by atoms with E-state index in [2.05, 4.69) is 9.47 Å². The Bertz CT molecular complexity index is 424. The van der Waals surface area contributed by atoms with Crippen molar-refractivity contribution in [3.63, 3.8) is 0 Å².